The Kier molecular flexibility index (Phi) is 19.4. The molecule has 0 aromatic heterocycles. The monoisotopic (exact) mass is 788 g/mol. The van der Waals surface area contributed by atoms with Crippen LogP contribution in [0.25, 0.3) is 0 Å². The van der Waals surface area contributed by atoms with E-state index in [4.69, 9.17) is 15.6 Å². The van der Waals surface area contributed by atoms with Crippen molar-refractivity contribution in [1.82, 2.24) is 25.9 Å². The number of aromatic hydroxyl groups is 1. The van der Waals surface area contributed by atoms with Gasteiger partial charge in [0.2, 0.25) is 23.6 Å². The summed E-state index contributed by atoms with van der Waals surface area (Å²) in [6.45, 7) is 16.1. The number of phenolic OH excluding ortho intramolecular Hbond substituents is 1. The first-order valence-electron chi connectivity index (χ1n) is 20.5. The Morgan fingerprint density at radius 2 is 1.73 bits per heavy atom. The molecule has 0 radical (unpaired) electrons. The van der Waals surface area contributed by atoms with Crippen molar-refractivity contribution in [2.75, 3.05) is 32.5 Å². The molecule has 2 aliphatic rings. The zero-order valence-electron chi connectivity index (χ0n) is 34.5. The summed E-state index contributed by atoms with van der Waals surface area (Å²) in [7, 11) is 1.98. The van der Waals surface area contributed by atoms with Crippen molar-refractivity contribution in [3.8, 4) is 5.75 Å². The van der Waals surface area contributed by atoms with E-state index in [1.54, 1.807) is 31.2 Å². The van der Waals surface area contributed by atoms with Crippen molar-refractivity contribution in [3.63, 3.8) is 0 Å². The molecule has 1 fully saturated rings. The second-order valence-electron chi connectivity index (χ2n) is 15.8. The summed E-state index contributed by atoms with van der Waals surface area (Å²) in [6.07, 6.45) is 6.07. The van der Waals surface area contributed by atoms with Gasteiger partial charge in [0, 0.05) is 43.3 Å². The van der Waals surface area contributed by atoms with Gasteiger partial charge in [0.25, 0.3) is 0 Å². The Labute approximate surface area is 333 Å². The third-order valence-corrected chi connectivity index (χ3v) is 12.1. The van der Waals surface area contributed by atoms with Crippen LogP contribution in [-0.2, 0) is 30.3 Å². The van der Waals surface area contributed by atoms with Gasteiger partial charge in [0.05, 0.1) is 11.1 Å². The Morgan fingerprint density at radius 1 is 1.02 bits per heavy atom. The SMILES string of the molecule is CCCO[C@H](C[C@H](C(C)C)N(CCC)C(=O)[C@@H](NC(=O)[C@H]1CCCCN1C)[C@@H](C)CC)C1=NC(C(=O)N[C@@H](Cc2ccc(O)cc2)C[C@H](C)C(=O)NN)CS1. The molecule has 8 atom stereocenters. The van der Waals surface area contributed by atoms with Gasteiger partial charge in [-0.05, 0) is 81.6 Å². The number of nitrogens with two attached hydrogens (primary N) is 1. The predicted molar refractivity (Wildman–Crippen MR) is 220 cm³/mol. The van der Waals surface area contributed by atoms with Gasteiger partial charge in [-0.15, -0.1) is 11.8 Å². The lowest BCUT2D eigenvalue weighted by molar-refractivity contribution is -0.142. The van der Waals surface area contributed by atoms with E-state index in [9.17, 15) is 24.3 Å². The van der Waals surface area contributed by atoms with Gasteiger partial charge < -0.3 is 25.4 Å². The van der Waals surface area contributed by atoms with Crippen molar-refractivity contribution in [2.45, 2.75) is 143 Å². The Bertz CT molecular complexity index is 1410. The Balaban J connectivity index is 1.84. The average Bonchev–Trinajstić information content (AvgIpc) is 3.67. The Morgan fingerprint density at radius 3 is 2.33 bits per heavy atom. The maximum Gasteiger partial charge on any atom is 0.245 e. The second kappa shape index (κ2) is 23.1. The number of nitrogens with zero attached hydrogens (tertiary/aromatic N) is 3. The minimum absolute atomic E-state index is 0.0516. The summed E-state index contributed by atoms with van der Waals surface area (Å²) in [5.74, 6) is 4.89. The molecule has 1 saturated heterocycles. The van der Waals surface area contributed by atoms with Crippen LogP contribution in [0.2, 0.25) is 0 Å². The summed E-state index contributed by atoms with van der Waals surface area (Å²) in [4.78, 5) is 63.3. The molecule has 1 aromatic rings. The van der Waals surface area contributed by atoms with Gasteiger partial charge >= 0.3 is 0 Å². The van der Waals surface area contributed by atoms with Crippen LogP contribution in [0.5, 0.6) is 5.75 Å². The number of rotatable bonds is 22. The standard InChI is InChI=1S/C41H69N7O6S/c1-9-19-48(41(53)36(27(6)11-3)45-39(52)33-14-12-13-20-47(33)8)34(26(4)5)24-35(54-21-10-2)40-44-32(25-55-40)38(51)43-30(22-28(7)37(50)46-42)23-29-15-17-31(49)18-16-29/h15-18,26-28,30,32-36,49H,9-14,19-25,42H2,1-8H3,(H,43,51)(H,45,52)(H,46,50)/t27-,28-,30+,32?,33+,34+,35+,36-/m0/s1. The van der Waals surface area contributed by atoms with E-state index in [0.717, 1.165) is 55.7 Å². The van der Waals surface area contributed by atoms with Crippen LogP contribution in [0.4, 0.5) is 0 Å². The summed E-state index contributed by atoms with van der Waals surface area (Å²) >= 11 is 1.51. The number of benzene rings is 1. The van der Waals surface area contributed by atoms with Crippen molar-refractivity contribution in [3.05, 3.63) is 29.8 Å². The Hall–Kier alpha value is -3.20. The predicted octanol–water partition coefficient (Wildman–Crippen LogP) is 4.41. The van der Waals surface area contributed by atoms with E-state index in [1.165, 1.54) is 11.8 Å². The zero-order chi connectivity index (χ0) is 40.7. The summed E-state index contributed by atoms with van der Waals surface area (Å²) in [6, 6.07) is 4.69. The molecule has 0 spiro atoms. The third kappa shape index (κ3) is 13.7. The molecule has 0 saturated carbocycles. The summed E-state index contributed by atoms with van der Waals surface area (Å²) in [5, 5.41) is 16.8. The number of piperidine rings is 1. The molecule has 0 aliphatic carbocycles. The molecule has 3 rings (SSSR count). The highest BCUT2D eigenvalue weighted by Gasteiger charge is 2.39. The summed E-state index contributed by atoms with van der Waals surface area (Å²) < 4.78 is 6.46. The van der Waals surface area contributed by atoms with E-state index in [0.29, 0.717) is 38.2 Å². The summed E-state index contributed by atoms with van der Waals surface area (Å²) in [5.41, 5.74) is 3.11. The zero-order valence-corrected chi connectivity index (χ0v) is 35.3. The largest absolute Gasteiger partial charge is 0.508 e. The lowest BCUT2D eigenvalue weighted by atomic mass is 9.92. The molecule has 2 aliphatic heterocycles. The van der Waals surface area contributed by atoms with Gasteiger partial charge in [-0.2, -0.15) is 0 Å². The van der Waals surface area contributed by atoms with Crippen LogP contribution in [0, 0.1) is 17.8 Å². The van der Waals surface area contributed by atoms with Crippen LogP contribution >= 0.6 is 11.8 Å². The molecule has 13 nitrogen and oxygen atoms in total. The van der Waals surface area contributed by atoms with Crippen molar-refractivity contribution >= 4 is 40.4 Å². The third-order valence-electron chi connectivity index (χ3n) is 11.0. The minimum Gasteiger partial charge on any atom is -0.508 e. The maximum absolute atomic E-state index is 14.6. The number of hydrogen-bond acceptors (Lipinski definition) is 10. The number of carbonyl (C=O) groups excluding carboxylic acids is 4. The number of carbonyl (C=O) groups is 4. The lowest BCUT2D eigenvalue weighted by Crippen LogP contribution is -2.59. The number of ether oxygens (including phenoxy) is 1. The molecular weight excluding hydrogens is 719 g/mol. The van der Waals surface area contributed by atoms with Gasteiger partial charge in [0.15, 0.2) is 0 Å². The fraction of sp³-hybridized carbons (Fsp3) is 0.732. The normalized spacial score (nSPS) is 20.8. The van der Waals surface area contributed by atoms with Crippen LogP contribution < -0.4 is 21.9 Å². The highest BCUT2D eigenvalue weighted by Crippen LogP contribution is 2.29. The molecular formula is C41H69N7O6S. The van der Waals surface area contributed by atoms with Crippen molar-refractivity contribution < 1.29 is 29.0 Å². The van der Waals surface area contributed by atoms with Crippen LogP contribution in [-0.4, -0.2) is 112 Å². The molecule has 55 heavy (non-hydrogen) atoms. The smallest absolute Gasteiger partial charge is 0.245 e. The van der Waals surface area contributed by atoms with Crippen LogP contribution in [0.1, 0.15) is 105 Å². The van der Waals surface area contributed by atoms with Crippen molar-refractivity contribution in [2.24, 2.45) is 28.6 Å². The highest BCUT2D eigenvalue weighted by molar-refractivity contribution is 8.14. The second-order valence-corrected chi connectivity index (χ2v) is 16.9. The molecule has 1 unspecified atom stereocenters. The van der Waals surface area contributed by atoms with E-state index < -0.39 is 24.1 Å². The molecule has 1 aromatic carbocycles. The topological polar surface area (TPSA) is 179 Å². The van der Waals surface area contributed by atoms with Gasteiger partial charge in [0.1, 0.15) is 23.9 Å². The number of hydrazine groups is 1. The van der Waals surface area contributed by atoms with E-state index in [-0.39, 0.29) is 59.3 Å². The molecule has 310 valence electrons. The lowest BCUT2D eigenvalue weighted by Gasteiger charge is -2.40. The number of amides is 4. The van der Waals surface area contributed by atoms with Crippen molar-refractivity contribution in [1.29, 1.82) is 0 Å². The number of hydrogen-bond donors (Lipinski definition) is 5. The maximum atomic E-state index is 14.6. The van der Waals surface area contributed by atoms with Gasteiger partial charge in [-0.1, -0.05) is 73.4 Å². The first-order valence-corrected chi connectivity index (χ1v) is 21.4. The number of nitrogens with one attached hydrogen (secondary N) is 3. The minimum atomic E-state index is -0.650. The molecule has 4 amide bonds. The molecule has 6 N–H and O–H groups in total. The van der Waals surface area contributed by atoms with E-state index in [1.807, 2.05) is 25.8 Å². The fourth-order valence-electron chi connectivity index (χ4n) is 7.46. The molecule has 0 bridgehead atoms. The quantitative estimate of drug-likeness (QED) is 0.0647. The van der Waals surface area contributed by atoms with Gasteiger partial charge in [-0.25, -0.2) is 5.84 Å². The number of likely N-dealkylation sites (tertiary alicyclic amines) is 1. The molecule has 14 heteroatoms. The highest BCUT2D eigenvalue weighted by atomic mass is 32.2. The number of likely N-dealkylation sites (N-methyl/N-ethyl adjacent to an activating group) is 1. The fourth-order valence-corrected chi connectivity index (χ4v) is 8.57. The number of aliphatic imine (C=N–C) groups is 1. The number of phenols is 1. The van der Waals surface area contributed by atoms with E-state index >= 15 is 0 Å². The first kappa shape index (κ1) is 46.2. The van der Waals surface area contributed by atoms with E-state index in [2.05, 4.69) is 48.7 Å². The van der Waals surface area contributed by atoms with Crippen LogP contribution in [0.3, 0.4) is 0 Å². The first-order chi connectivity index (χ1) is 26.2. The number of thioether (sulfide) groups is 1. The molecule has 2 heterocycles. The average molecular weight is 788 g/mol. The van der Waals surface area contributed by atoms with Gasteiger partial charge in [-0.3, -0.25) is 34.5 Å². The van der Waals surface area contributed by atoms with Crippen LogP contribution in [0.15, 0.2) is 29.3 Å².